The van der Waals surface area contributed by atoms with Gasteiger partial charge in [-0.05, 0) is 12.1 Å². The Kier molecular flexibility index (Phi) is 5.73. The van der Waals surface area contributed by atoms with Gasteiger partial charge in [0.2, 0.25) is 0 Å². The van der Waals surface area contributed by atoms with E-state index < -0.39 is 16.0 Å². The molecule has 1 aliphatic rings. The first-order chi connectivity index (χ1) is 13.8. The van der Waals surface area contributed by atoms with Crippen molar-refractivity contribution in [3.8, 4) is 23.0 Å². The molecule has 0 fully saturated rings. The van der Waals surface area contributed by atoms with Crippen molar-refractivity contribution in [1.29, 1.82) is 0 Å². The summed E-state index contributed by atoms with van der Waals surface area (Å²) in [6, 6.07) is 7.11. The van der Waals surface area contributed by atoms with Gasteiger partial charge in [-0.15, -0.1) is 0 Å². The second-order valence-electron chi connectivity index (χ2n) is 5.99. The lowest BCUT2D eigenvalue weighted by Gasteiger charge is -2.24. The average Bonchev–Trinajstić information content (AvgIpc) is 2.76. The quantitative estimate of drug-likeness (QED) is 0.651. The van der Waals surface area contributed by atoms with Crippen LogP contribution in [-0.2, 0) is 14.8 Å². The SMILES string of the molecule is COC(=O)c1cc(OC)c(OC)cc1N(C)S(=O)(=O)c1ccc2c(c1)OCCO2. The number of fused-ring (bicyclic) bond motifs is 1. The van der Waals surface area contributed by atoms with Gasteiger partial charge in [0.25, 0.3) is 10.0 Å². The number of sulfonamides is 1. The summed E-state index contributed by atoms with van der Waals surface area (Å²) in [5.41, 5.74) is 0.0816. The van der Waals surface area contributed by atoms with Crippen LogP contribution in [0.15, 0.2) is 35.2 Å². The molecule has 1 aliphatic heterocycles. The molecule has 0 bridgehead atoms. The lowest BCUT2D eigenvalue weighted by molar-refractivity contribution is 0.0601. The van der Waals surface area contributed by atoms with Crippen molar-refractivity contribution in [3.05, 3.63) is 35.9 Å². The molecule has 10 heteroatoms. The first kappa shape index (κ1) is 20.6. The minimum Gasteiger partial charge on any atom is -0.493 e. The Morgan fingerprint density at radius 2 is 1.59 bits per heavy atom. The van der Waals surface area contributed by atoms with E-state index in [-0.39, 0.29) is 27.6 Å². The molecule has 156 valence electrons. The van der Waals surface area contributed by atoms with E-state index in [9.17, 15) is 13.2 Å². The fourth-order valence-corrected chi connectivity index (χ4v) is 4.10. The second kappa shape index (κ2) is 8.08. The Bertz CT molecular complexity index is 1030. The zero-order chi connectivity index (χ0) is 21.2. The predicted molar refractivity (Wildman–Crippen MR) is 104 cm³/mol. The standard InChI is InChI=1S/C19H21NO8S/c1-20(14-11-17(25-3)16(24-2)10-13(14)19(21)26-4)29(22,23)12-5-6-15-18(9-12)28-8-7-27-15/h5-6,9-11H,7-8H2,1-4H3. The maximum absolute atomic E-state index is 13.2. The van der Waals surface area contributed by atoms with Crippen LogP contribution < -0.4 is 23.3 Å². The number of carbonyl (C=O) groups excluding carboxylic acids is 1. The van der Waals surface area contributed by atoms with Crippen LogP contribution in [0.4, 0.5) is 5.69 Å². The van der Waals surface area contributed by atoms with Gasteiger partial charge in [-0.25, -0.2) is 13.2 Å². The normalized spacial score (nSPS) is 12.8. The van der Waals surface area contributed by atoms with Gasteiger partial charge in [-0.3, -0.25) is 4.31 Å². The van der Waals surface area contributed by atoms with Crippen molar-refractivity contribution in [1.82, 2.24) is 0 Å². The molecule has 0 aliphatic carbocycles. The maximum Gasteiger partial charge on any atom is 0.340 e. The van der Waals surface area contributed by atoms with Gasteiger partial charge in [0.1, 0.15) is 13.2 Å². The molecule has 3 rings (SSSR count). The van der Waals surface area contributed by atoms with E-state index in [1.54, 1.807) is 0 Å². The summed E-state index contributed by atoms with van der Waals surface area (Å²) in [7, 11) is 1.32. The van der Waals surface area contributed by atoms with Gasteiger partial charge >= 0.3 is 5.97 Å². The Morgan fingerprint density at radius 1 is 0.966 bits per heavy atom. The highest BCUT2D eigenvalue weighted by Crippen LogP contribution is 2.38. The van der Waals surface area contributed by atoms with Crippen molar-refractivity contribution in [2.45, 2.75) is 4.90 Å². The van der Waals surface area contributed by atoms with E-state index in [0.717, 1.165) is 4.31 Å². The van der Waals surface area contributed by atoms with Gasteiger partial charge in [0.15, 0.2) is 23.0 Å². The van der Waals surface area contributed by atoms with Crippen molar-refractivity contribution in [2.75, 3.05) is 45.9 Å². The number of hydrogen-bond donors (Lipinski definition) is 0. The Labute approximate surface area is 168 Å². The van der Waals surface area contributed by atoms with Crippen LogP contribution in [-0.4, -0.2) is 56.0 Å². The molecule has 0 aromatic heterocycles. The first-order valence-electron chi connectivity index (χ1n) is 8.56. The fourth-order valence-electron chi connectivity index (χ4n) is 2.87. The summed E-state index contributed by atoms with van der Waals surface area (Å²) in [5, 5.41) is 0. The molecular weight excluding hydrogens is 402 g/mol. The summed E-state index contributed by atoms with van der Waals surface area (Å²) in [4.78, 5) is 12.3. The van der Waals surface area contributed by atoms with Gasteiger partial charge in [-0.1, -0.05) is 0 Å². The molecule has 2 aromatic rings. The number of benzene rings is 2. The number of methoxy groups -OCH3 is 3. The van der Waals surface area contributed by atoms with Crippen LogP contribution in [0.1, 0.15) is 10.4 Å². The molecule has 0 radical (unpaired) electrons. The van der Waals surface area contributed by atoms with Crippen LogP contribution in [0.5, 0.6) is 23.0 Å². The number of anilines is 1. The topological polar surface area (TPSA) is 101 Å². The zero-order valence-corrected chi connectivity index (χ0v) is 17.2. The lowest BCUT2D eigenvalue weighted by atomic mass is 10.1. The molecule has 0 saturated carbocycles. The third kappa shape index (κ3) is 3.75. The van der Waals surface area contributed by atoms with E-state index >= 15 is 0 Å². The summed E-state index contributed by atoms with van der Waals surface area (Å²) < 4.78 is 53.6. The van der Waals surface area contributed by atoms with Gasteiger partial charge in [0.05, 0.1) is 37.5 Å². The number of hydrogen-bond acceptors (Lipinski definition) is 8. The molecule has 0 spiro atoms. The molecule has 2 aromatic carbocycles. The number of esters is 1. The minimum atomic E-state index is -4.04. The third-order valence-corrected chi connectivity index (χ3v) is 6.19. The van der Waals surface area contributed by atoms with E-state index in [1.165, 1.54) is 58.7 Å². The van der Waals surface area contributed by atoms with Crippen LogP contribution in [0.2, 0.25) is 0 Å². The highest BCUT2D eigenvalue weighted by molar-refractivity contribution is 7.92. The van der Waals surface area contributed by atoms with E-state index in [4.69, 9.17) is 23.7 Å². The van der Waals surface area contributed by atoms with Crippen molar-refractivity contribution in [3.63, 3.8) is 0 Å². The Balaban J connectivity index is 2.11. The minimum absolute atomic E-state index is 0.00812. The first-order valence-corrected chi connectivity index (χ1v) is 10.0. The molecule has 0 amide bonds. The lowest BCUT2D eigenvalue weighted by Crippen LogP contribution is -2.28. The highest BCUT2D eigenvalue weighted by atomic mass is 32.2. The van der Waals surface area contributed by atoms with Crippen molar-refractivity contribution >= 4 is 21.7 Å². The number of rotatable bonds is 6. The number of ether oxygens (including phenoxy) is 5. The van der Waals surface area contributed by atoms with Gasteiger partial charge in [0, 0.05) is 25.2 Å². The maximum atomic E-state index is 13.2. The van der Waals surface area contributed by atoms with Crippen molar-refractivity contribution < 1.29 is 36.9 Å². The summed E-state index contributed by atoms with van der Waals surface area (Å²) in [6.07, 6.45) is 0. The summed E-state index contributed by atoms with van der Waals surface area (Å²) in [6.45, 7) is 0.724. The molecule has 0 unspecified atom stereocenters. The van der Waals surface area contributed by atoms with Gasteiger partial charge < -0.3 is 23.7 Å². The Hall–Kier alpha value is -3.14. The van der Waals surface area contributed by atoms with E-state index in [0.29, 0.717) is 24.7 Å². The average molecular weight is 423 g/mol. The highest BCUT2D eigenvalue weighted by Gasteiger charge is 2.29. The monoisotopic (exact) mass is 423 g/mol. The largest absolute Gasteiger partial charge is 0.493 e. The number of carbonyl (C=O) groups is 1. The molecule has 0 N–H and O–H groups in total. The molecule has 29 heavy (non-hydrogen) atoms. The zero-order valence-electron chi connectivity index (χ0n) is 16.4. The number of nitrogens with zero attached hydrogens (tertiary/aromatic N) is 1. The summed E-state index contributed by atoms with van der Waals surface area (Å²) in [5.74, 6) is 0.622. The molecule has 0 saturated heterocycles. The molecule has 9 nitrogen and oxygen atoms in total. The van der Waals surface area contributed by atoms with Crippen molar-refractivity contribution in [2.24, 2.45) is 0 Å². The van der Waals surface area contributed by atoms with E-state index in [2.05, 4.69) is 0 Å². The third-order valence-electron chi connectivity index (χ3n) is 4.42. The summed E-state index contributed by atoms with van der Waals surface area (Å²) >= 11 is 0. The Morgan fingerprint density at radius 3 is 2.21 bits per heavy atom. The second-order valence-corrected chi connectivity index (χ2v) is 7.96. The predicted octanol–water partition coefficient (Wildman–Crippen LogP) is 2.09. The smallest absolute Gasteiger partial charge is 0.340 e. The molecule has 1 heterocycles. The van der Waals surface area contributed by atoms with Crippen LogP contribution in [0.25, 0.3) is 0 Å². The van der Waals surface area contributed by atoms with Crippen LogP contribution in [0.3, 0.4) is 0 Å². The molecule has 0 atom stereocenters. The van der Waals surface area contributed by atoms with Gasteiger partial charge in [-0.2, -0.15) is 0 Å². The van der Waals surface area contributed by atoms with Crippen LogP contribution in [0, 0.1) is 0 Å². The fraction of sp³-hybridized carbons (Fsp3) is 0.316. The van der Waals surface area contributed by atoms with E-state index in [1.807, 2.05) is 0 Å². The van der Waals surface area contributed by atoms with Crippen LogP contribution >= 0.6 is 0 Å². The molecular formula is C19H21NO8S.